The predicted molar refractivity (Wildman–Crippen MR) is 161 cm³/mol. The molecular weight excluding hydrogens is 605 g/mol. The second-order valence-corrected chi connectivity index (χ2v) is 11.7. The molecule has 5 atom stereocenters. The van der Waals surface area contributed by atoms with Crippen molar-refractivity contribution >= 4 is 23.5 Å². The lowest BCUT2D eigenvalue weighted by Gasteiger charge is -2.34. The topological polar surface area (TPSA) is 129 Å². The molecular formula is C33H33F3N4O6. The summed E-state index contributed by atoms with van der Waals surface area (Å²) in [5.41, 5.74) is 0.824. The zero-order valence-electron chi connectivity index (χ0n) is 24.7. The average molecular weight is 639 g/mol. The second-order valence-electron chi connectivity index (χ2n) is 11.7. The highest BCUT2D eigenvalue weighted by Crippen LogP contribution is 2.31. The molecule has 0 aromatic heterocycles. The molecule has 3 aromatic carbocycles. The van der Waals surface area contributed by atoms with Gasteiger partial charge in [0.15, 0.2) is 0 Å². The molecule has 0 radical (unpaired) electrons. The molecule has 242 valence electrons. The summed E-state index contributed by atoms with van der Waals surface area (Å²) in [5, 5.41) is 18.9. The third-order valence-corrected chi connectivity index (χ3v) is 8.50. The van der Waals surface area contributed by atoms with E-state index in [0.717, 1.165) is 18.2 Å². The summed E-state index contributed by atoms with van der Waals surface area (Å²) in [6.07, 6.45) is -0.354. The minimum absolute atomic E-state index is 0.000331. The third-order valence-electron chi connectivity index (χ3n) is 8.50. The number of nitrogens with one attached hydrogen (secondary N) is 3. The summed E-state index contributed by atoms with van der Waals surface area (Å²) in [4.78, 5) is 41.6. The molecule has 13 heteroatoms. The van der Waals surface area contributed by atoms with E-state index in [1.807, 2.05) is 0 Å². The van der Waals surface area contributed by atoms with E-state index in [2.05, 4.69) is 16.0 Å². The van der Waals surface area contributed by atoms with Gasteiger partial charge in [-0.2, -0.15) is 0 Å². The number of carbonyl (C=O) groups is 3. The van der Waals surface area contributed by atoms with Crippen LogP contribution in [0, 0.1) is 17.5 Å². The van der Waals surface area contributed by atoms with Gasteiger partial charge in [0.25, 0.3) is 5.91 Å². The van der Waals surface area contributed by atoms with Gasteiger partial charge in [-0.25, -0.2) is 18.0 Å². The molecule has 2 saturated heterocycles. The SMILES string of the molecule is O=C1N[C@H]2C[C@@H](C(=O)NC[C@H]3O[C@H](CCOc4cc(-c5ccc(F)cc5F)ccc41)CC[C@@H]3O)N(C(=O)Nc1cccc(F)c1)C2. The Morgan fingerprint density at radius 3 is 2.57 bits per heavy atom. The number of carbonyl (C=O) groups excluding carboxylic acids is 3. The number of likely N-dealkylation sites (tertiary alicyclic amines) is 1. The van der Waals surface area contributed by atoms with Crippen molar-refractivity contribution in [1.29, 1.82) is 0 Å². The molecule has 46 heavy (non-hydrogen) atoms. The van der Waals surface area contributed by atoms with Gasteiger partial charge in [-0.15, -0.1) is 0 Å². The van der Waals surface area contributed by atoms with Gasteiger partial charge in [0, 0.05) is 42.9 Å². The van der Waals surface area contributed by atoms with Crippen LogP contribution in [0.4, 0.5) is 23.7 Å². The lowest BCUT2D eigenvalue weighted by molar-refractivity contribution is -0.133. The largest absolute Gasteiger partial charge is 0.493 e. The quantitative estimate of drug-likeness (QED) is 0.336. The number of aliphatic hydroxyl groups excluding tert-OH is 1. The van der Waals surface area contributed by atoms with Crippen molar-refractivity contribution in [2.75, 3.05) is 25.0 Å². The van der Waals surface area contributed by atoms with E-state index in [1.165, 1.54) is 47.4 Å². The van der Waals surface area contributed by atoms with E-state index >= 15 is 0 Å². The average Bonchev–Trinajstić information content (AvgIpc) is 3.44. The van der Waals surface area contributed by atoms with Gasteiger partial charge in [0.2, 0.25) is 5.91 Å². The molecule has 3 aliphatic rings. The highest BCUT2D eigenvalue weighted by molar-refractivity contribution is 5.98. The molecule has 3 aliphatic heterocycles. The normalized spacial score (nSPS) is 25.1. The van der Waals surface area contributed by atoms with Crippen molar-refractivity contribution in [3.05, 3.63) is 83.7 Å². The van der Waals surface area contributed by atoms with E-state index in [-0.39, 0.29) is 54.8 Å². The van der Waals surface area contributed by atoms with Crippen molar-refractivity contribution in [2.45, 2.75) is 56.1 Å². The van der Waals surface area contributed by atoms with Crippen LogP contribution in [0.1, 0.15) is 36.0 Å². The van der Waals surface area contributed by atoms with E-state index in [9.17, 15) is 32.7 Å². The van der Waals surface area contributed by atoms with Crippen LogP contribution in [0.3, 0.4) is 0 Å². The van der Waals surface area contributed by atoms with Crippen LogP contribution in [0.2, 0.25) is 0 Å². The number of amides is 4. The lowest BCUT2D eigenvalue weighted by Crippen LogP contribution is -2.51. The molecule has 6 rings (SSSR count). The minimum atomic E-state index is -0.997. The van der Waals surface area contributed by atoms with Crippen LogP contribution in [0.15, 0.2) is 60.7 Å². The number of hydrogen-bond donors (Lipinski definition) is 4. The fourth-order valence-corrected chi connectivity index (χ4v) is 6.12. The summed E-state index contributed by atoms with van der Waals surface area (Å²) in [6.45, 7) is 0.0966. The maximum Gasteiger partial charge on any atom is 0.322 e. The standard InChI is InChI=1S/C33H33F3N4O6/c34-19-2-1-3-21(13-19)39-33(44)40-17-22-15-27(40)32(43)37-16-30-28(41)9-6-23(46-30)10-11-45-29-12-18(4-7-25(29)31(42)38-22)24-8-5-20(35)14-26(24)36/h1-5,7-8,12-14,22-23,27-28,30,41H,6,9-11,15-17H2,(H,37,43)(H,38,42)(H,39,44)/t22-,23-,27-,28-,30+/m0/s1. The number of halogens is 3. The van der Waals surface area contributed by atoms with Crippen LogP contribution >= 0.6 is 0 Å². The highest BCUT2D eigenvalue weighted by Gasteiger charge is 2.41. The smallest absolute Gasteiger partial charge is 0.322 e. The van der Waals surface area contributed by atoms with Crippen LogP contribution in [0.5, 0.6) is 5.75 Å². The number of ether oxygens (including phenoxy) is 2. The van der Waals surface area contributed by atoms with E-state index in [4.69, 9.17) is 9.47 Å². The molecule has 4 amide bonds. The molecule has 4 N–H and O–H groups in total. The molecule has 10 nitrogen and oxygen atoms in total. The number of rotatable bonds is 2. The van der Waals surface area contributed by atoms with Crippen LogP contribution < -0.4 is 20.7 Å². The Morgan fingerprint density at radius 1 is 0.957 bits per heavy atom. The van der Waals surface area contributed by atoms with Crippen LogP contribution in [-0.2, 0) is 9.53 Å². The summed E-state index contributed by atoms with van der Waals surface area (Å²) >= 11 is 0. The van der Waals surface area contributed by atoms with Gasteiger partial charge < -0.3 is 35.4 Å². The van der Waals surface area contributed by atoms with E-state index in [0.29, 0.717) is 24.8 Å². The van der Waals surface area contributed by atoms with Crippen LogP contribution in [-0.4, -0.2) is 77.9 Å². The Labute approximate surface area is 262 Å². The summed E-state index contributed by atoms with van der Waals surface area (Å²) < 4.78 is 54.1. The Balaban J connectivity index is 1.30. The van der Waals surface area contributed by atoms with Crippen molar-refractivity contribution < 1.29 is 42.1 Å². The maximum absolute atomic E-state index is 14.6. The van der Waals surface area contributed by atoms with Crippen molar-refractivity contribution in [1.82, 2.24) is 15.5 Å². The fraction of sp³-hybridized carbons (Fsp3) is 0.364. The Morgan fingerprint density at radius 2 is 1.76 bits per heavy atom. The molecule has 3 aromatic rings. The predicted octanol–water partition coefficient (Wildman–Crippen LogP) is 3.98. The number of hydrogen-bond acceptors (Lipinski definition) is 6. The van der Waals surface area contributed by atoms with Gasteiger partial charge in [-0.3, -0.25) is 9.59 Å². The summed E-state index contributed by atoms with van der Waals surface area (Å²) in [6, 6.07) is 10.7. The molecule has 0 unspecified atom stereocenters. The van der Waals surface area contributed by atoms with E-state index < -0.39 is 59.6 Å². The molecule has 0 spiro atoms. The first-order valence-corrected chi connectivity index (χ1v) is 15.1. The lowest BCUT2D eigenvalue weighted by atomic mass is 9.99. The highest BCUT2D eigenvalue weighted by atomic mass is 19.1. The fourth-order valence-electron chi connectivity index (χ4n) is 6.12. The number of fused-ring (bicyclic) bond motifs is 5. The first-order chi connectivity index (χ1) is 22.1. The minimum Gasteiger partial charge on any atom is -0.493 e. The maximum atomic E-state index is 14.6. The third kappa shape index (κ3) is 6.95. The Hall–Kier alpha value is -4.62. The summed E-state index contributed by atoms with van der Waals surface area (Å²) in [5.74, 6) is -2.92. The Bertz CT molecular complexity index is 1640. The molecule has 3 heterocycles. The van der Waals surface area contributed by atoms with Crippen molar-refractivity contribution in [2.24, 2.45) is 0 Å². The number of nitrogens with zero attached hydrogens (tertiary/aromatic N) is 1. The monoisotopic (exact) mass is 638 g/mol. The molecule has 0 saturated carbocycles. The van der Waals surface area contributed by atoms with Gasteiger partial charge in [-0.1, -0.05) is 12.1 Å². The van der Waals surface area contributed by atoms with Gasteiger partial charge in [-0.05, 0) is 67.3 Å². The van der Waals surface area contributed by atoms with Crippen molar-refractivity contribution in [3.8, 4) is 16.9 Å². The molecule has 4 bridgehead atoms. The van der Waals surface area contributed by atoms with Gasteiger partial charge >= 0.3 is 6.03 Å². The number of aliphatic hydroxyl groups is 1. The number of benzene rings is 3. The Kier molecular flexibility index (Phi) is 9.13. The first kappa shape index (κ1) is 31.4. The van der Waals surface area contributed by atoms with E-state index in [1.54, 1.807) is 0 Å². The van der Waals surface area contributed by atoms with Gasteiger partial charge in [0.05, 0.1) is 24.4 Å². The summed E-state index contributed by atoms with van der Waals surface area (Å²) in [7, 11) is 0. The van der Waals surface area contributed by atoms with Crippen LogP contribution in [0.25, 0.3) is 11.1 Å². The van der Waals surface area contributed by atoms with Gasteiger partial charge in [0.1, 0.15) is 35.3 Å². The number of urea groups is 1. The first-order valence-electron chi connectivity index (χ1n) is 15.1. The zero-order valence-corrected chi connectivity index (χ0v) is 24.7. The molecule has 2 fully saturated rings. The zero-order chi connectivity index (χ0) is 32.4. The van der Waals surface area contributed by atoms with Crippen molar-refractivity contribution in [3.63, 3.8) is 0 Å². The molecule has 0 aliphatic carbocycles. The second kappa shape index (κ2) is 13.4. The number of anilines is 1.